The average molecular weight is 278 g/mol. The van der Waals surface area contributed by atoms with Gasteiger partial charge in [0.2, 0.25) is 0 Å². The molecule has 1 heterocycles. The second kappa shape index (κ2) is 7.19. The fourth-order valence-corrected chi connectivity index (χ4v) is 2.69. The Morgan fingerprint density at radius 2 is 1.95 bits per heavy atom. The summed E-state index contributed by atoms with van der Waals surface area (Å²) in [4.78, 5) is 4.59. The molecule has 0 aliphatic rings. The molecular formula is C17H30N2O. The highest BCUT2D eigenvalue weighted by atomic mass is 16.5. The zero-order valence-corrected chi connectivity index (χ0v) is 14.1. The molecule has 3 heteroatoms. The number of aryl methyl sites for hydroxylation is 3. The minimum atomic E-state index is 0.240. The zero-order valence-electron chi connectivity index (χ0n) is 14.1. The van der Waals surface area contributed by atoms with Crippen LogP contribution in [0.2, 0.25) is 0 Å². The number of nitrogens with one attached hydrogen (secondary N) is 1. The van der Waals surface area contributed by atoms with E-state index in [-0.39, 0.29) is 5.41 Å². The number of aromatic nitrogens is 1. The van der Waals surface area contributed by atoms with Gasteiger partial charge in [0.25, 0.3) is 0 Å². The molecule has 1 N–H and O–H groups in total. The van der Waals surface area contributed by atoms with Gasteiger partial charge in [0.1, 0.15) is 0 Å². The van der Waals surface area contributed by atoms with E-state index in [4.69, 9.17) is 4.74 Å². The molecule has 0 amide bonds. The van der Waals surface area contributed by atoms with Crippen LogP contribution in [0.15, 0.2) is 6.07 Å². The molecule has 0 fully saturated rings. The summed E-state index contributed by atoms with van der Waals surface area (Å²) < 4.78 is 5.18. The van der Waals surface area contributed by atoms with Crippen molar-refractivity contribution < 1.29 is 4.74 Å². The molecule has 114 valence electrons. The van der Waals surface area contributed by atoms with Crippen LogP contribution in [0.3, 0.4) is 0 Å². The number of rotatable bonds is 7. The van der Waals surface area contributed by atoms with E-state index < -0.39 is 0 Å². The SMILES string of the molecule is COCCC(C)(C)CNC(C)c1c(C)cc(C)nc1C. The lowest BCUT2D eigenvalue weighted by Gasteiger charge is -2.28. The Kier molecular flexibility index (Phi) is 6.15. The Morgan fingerprint density at radius 3 is 2.50 bits per heavy atom. The van der Waals surface area contributed by atoms with Gasteiger partial charge in [-0.1, -0.05) is 13.8 Å². The molecule has 0 radical (unpaired) electrons. The summed E-state index contributed by atoms with van der Waals surface area (Å²) in [6.07, 6.45) is 1.06. The number of pyridine rings is 1. The van der Waals surface area contributed by atoms with Gasteiger partial charge >= 0.3 is 0 Å². The van der Waals surface area contributed by atoms with Gasteiger partial charge in [-0.25, -0.2) is 0 Å². The summed E-state index contributed by atoms with van der Waals surface area (Å²) >= 11 is 0. The number of hydrogen-bond acceptors (Lipinski definition) is 3. The summed E-state index contributed by atoms with van der Waals surface area (Å²) in [5.41, 5.74) is 5.13. The summed E-state index contributed by atoms with van der Waals surface area (Å²) in [5, 5.41) is 3.65. The lowest BCUT2D eigenvalue weighted by atomic mass is 9.89. The van der Waals surface area contributed by atoms with Gasteiger partial charge in [0.05, 0.1) is 0 Å². The Balaban J connectivity index is 2.70. The van der Waals surface area contributed by atoms with Gasteiger partial charge in [0, 0.05) is 37.7 Å². The molecule has 1 unspecified atom stereocenters. The van der Waals surface area contributed by atoms with Crippen molar-refractivity contribution in [2.45, 2.75) is 54.0 Å². The molecule has 0 aliphatic carbocycles. The topological polar surface area (TPSA) is 34.1 Å². The number of methoxy groups -OCH3 is 1. The molecule has 1 atom stereocenters. The first-order valence-electron chi connectivity index (χ1n) is 7.44. The molecule has 1 aromatic heterocycles. The highest BCUT2D eigenvalue weighted by Gasteiger charge is 2.20. The average Bonchev–Trinajstić information content (AvgIpc) is 2.33. The van der Waals surface area contributed by atoms with Crippen LogP contribution < -0.4 is 5.32 Å². The van der Waals surface area contributed by atoms with Crippen molar-refractivity contribution in [2.75, 3.05) is 20.3 Å². The van der Waals surface area contributed by atoms with Gasteiger partial charge < -0.3 is 10.1 Å². The monoisotopic (exact) mass is 278 g/mol. The van der Waals surface area contributed by atoms with E-state index in [1.54, 1.807) is 7.11 Å². The fraction of sp³-hybridized carbons (Fsp3) is 0.706. The van der Waals surface area contributed by atoms with E-state index in [2.05, 4.69) is 57.9 Å². The molecule has 0 aliphatic heterocycles. The van der Waals surface area contributed by atoms with E-state index >= 15 is 0 Å². The third kappa shape index (κ3) is 4.88. The molecular weight excluding hydrogens is 248 g/mol. The largest absolute Gasteiger partial charge is 0.385 e. The van der Waals surface area contributed by atoms with E-state index in [1.165, 1.54) is 11.1 Å². The van der Waals surface area contributed by atoms with E-state index in [0.717, 1.165) is 31.0 Å². The third-order valence-electron chi connectivity index (χ3n) is 3.89. The maximum absolute atomic E-state index is 5.18. The molecule has 0 aromatic carbocycles. The Morgan fingerprint density at radius 1 is 1.30 bits per heavy atom. The van der Waals surface area contributed by atoms with Gasteiger partial charge in [-0.05, 0) is 56.7 Å². The van der Waals surface area contributed by atoms with Gasteiger partial charge in [-0.15, -0.1) is 0 Å². The lowest BCUT2D eigenvalue weighted by Crippen LogP contribution is -2.32. The van der Waals surface area contributed by atoms with Crippen LogP contribution in [-0.2, 0) is 4.74 Å². The van der Waals surface area contributed by atoms with Crippen molar-refractivity contribution in [1.82, 2.24) is 10.3 Å². The van der Waals surface area contributed by atoms with Crippen LogP contribution in [0.25, 0.3) is 0 Å². The first-order valence-corrected chi connectivity index (χ1v) is 7.44. The molecule has 1 aromatic rings. The van der Waals surface area contributed by atoms with E-state index in [1.807, 2.05) is 0 Å². The Labute approximate surface area is 124 Å². The number of ether oxygens (including phenoxy) is 1. The van der Waals surface area contributed by atoms with E-state index in [0.29, 0.717) is 6.04 Å². The standard InChI is InChI=1S/C17H30N2O/c1-12-10-13(2)19-15(4)16(12)14(3)18-11-17(5,6)8-9-20-7/h10,14,18H,8-9,11H2,1-7H3. The molecule has 1 rings (SSSR count). The van der Waals surface area contributed by atoms with Crippen molar-refractivity contribution in [2.24, 2.45) is 5.41 Å². The fourth-order valence-electron chi connectivity index (χ4n) is 2.69. The Bertz CT molecular complexity index is 418. The smallest absolute Gasteiger partial charge is 0.0467 e. The summed E-state index contributed by atoms with van der Waals surface area (Å²) in [7, 11) is 1.76. The predicted octanol–water partition coefficient (Wildman–Crippen LogP) is 3.72. The van der Waals surface area contributed by atoms with Crippen LogP contribution in [0.4, 0.5) is 0 Å². The second-order valence-electron chi connectivity index (χ2n) is 6.59. The van der Waals surface area contributed by atoms with Crippen molar-refractivity contribution in [3.8, 4) is 0 Å². The van der Waals surface area contributed by atoms with Crippen molar-refractivity contribution in [1.29, 1.82) is 0 Å². The van der Waals surface area contributed by atoms with Crippen LogP contribution in [-0.4, -0.2) is 25.2 Å². The first-order chi connectivity index (χ1) is 9.26. The maximum atomic E-state index is 5.18. The number of nitrogens with zero attached hydrogens (tertiary/aromatic N) is 1. The van der Waals surface area contributed by atoms with Crippen molar-refractivity contribution >= 4 is 0 Å². The zero-order chi connectivity index (χ0) is 15.3. The van der Waals surface area contributed by atoms with Crippen LogP contribution in [0, 0.1) is 26.2 Å². The first kappa shape index (κ1) is 17.1. The lowest BCUT2D eigenvalue weighted by molar-refractivity contribution is 0.149. The number of hydrogen-bond donors (Lipinski definition) is 1. The molecule has 0 saturated heterocycles. The van der Waals surface area contributed by atoms with Crippen LogP contribution in [0.1, 0.15) is 55.7 Å². The summed E-state index contributed by atoms with van der Waals surface area (Å²) in [6.45, 7) is 14.9. The van der Waals surface area contributed by atoms with Crippen LogP contribution in [0.5, 0.6) is 0 Å². The quantitative estimate of drug-likeness (QED) is 0.825. The highest BCUT2D eigenvalue weighted by molar-refractivity contribution is 5.33. The molecule has 0 bridgehead atoms. The minimum absolute atomic E-state index is 0.240. The van der Waals surface area contributed by atoms with Crippen molar-refractivity contribution in [3.05, 3.63) is 28.6 Å². The van der Waals surface area contributed by atoms with Crippen molar-refractivity contribution in [3.63, 3.8) is 0 Å². The highest BCUT2D eigenvalue weighted by Crippen LogP contribution is 2.24. The van der Waals surface area contributed by atoms with E-state index in [9.17, 15) is 0 Å². The molecule has 0 saturated carbocycles. The van der Waals surface area contributed by atoms with Gasteiger partial charge in [-0.2, -0.15) is 0 Å². The maximum Gasteiger partial charge on any atom is 0.0467 e. The third-order valence-corrected chi connectivity index (χ3v) is 3.89. The van der Waals surface area contributed by atoms with Gasteiger partial charge in [0.15, 0.2) is 0 Å². The minimum Gasteiger partial charge on any atom is -0.385 e. The summed E-state index contributed by atoms with van der Waals surface area (Å²) in [5.74, 6) is 0. The van der Waals surface area contributed by atoms with Crippen LogP contribution >= 0.6 is 0 Å². The molecule has 3 nitrogen and oxygen atoms in total. The normalized spacial score (nSPS) is 13.6. The second-order valence-corrected chi connectivity index (χ2v) is 6.59. The Hall–Kier alpha value is -0.930. The predicted molar refractivity (Wildman–Crippen MR) is 85.1 cm³/mol. The summed E-state index contributed by atoms with van der Waals surface area (Å²) in [6, 6.07) is 2.49. The molecule has 0 spiro atoms. The van der Waals surface area contributed by atoms with Gasteiger partial charge in [-0.3, -0.25) is 4.98 Å². The molecule has 20 heavy (non-hydrogen) atoms.